The molecule has 82 valence electrons. The highest BCUT2D eigenvalue weighted by molar-refractivity contribution is 7.80. The quantitative estimate of drug-likeness (QED) is 0.722. The van der Waals surface area contributed by atoms with Gasteiger partial charge in [0.2, 0.25) is 0 Å². The summed E-state index contributed by atoms with van der Waals surface area (Å²) >= 11 is 5.30. The van der Waals surface area contributed by atoms with Gasteiger partial charge in [-0.25, -0.2) is 0 Å². The van der Waals surface area contributed by atoms with Gasteiger partial charge in [-0.2, -0.15) is 0 Å². The van der Waals surface area contributed by atoms with Crippen molar-refractivity contribution < 1.29 is 0 Å². The average molecular weight is 214 g/mol. The molecule has 1 unspecified atom stereocenters. The zero-order valence-electron chi connectivity index (χ0n) is 9.76. The predicted octanol–water partition coefficient (Wildman–Crippen LogP) is 1.84. The Labute approximate surface area is 93.1 Å². The smallest absolute Gasteiger partial charge is 0.0396 e. The van der Waals surface area contributed by atoms with Crippen molar-refractivity contribution in [2.75, 3.05) is 20.1 Å². The Balaban J connectivity index is 2.30. The topological polar surface area (TPSA) is 15.3 Å². The second-order valence-corrected chi connectivity index (χ2v) is 5.63. The van der Waals surface area contributed by atoms with Gasteiger partial charge >= 0.3 is 0 Å². The summed E-state index contributed by atoms with van der Waals surface area (Å²) in [6.45, 7) is 8.91. The third-order valence-corrected chi connectivity index (χ3v) is 3.54. The van der Waals surface area contributed by atoms with Crippen molar-refractivity contribution in [3.05, 3.63) is 0 Å². The lowest BCUT2D eigenvalue weighted by Crippen LogP contribution is -2.41. The molecule has 14 heavy (non-hydrogen) atoms. The molecule has 1 atom stereocenters. The largest absolute Gasteiger partial charge is 0.309 e. The molecule has 1 rings (SSSR count). The Morgan fingerprint density at radius 2 is 2.14 bits per heavy atom. The molecule has 1 N–H and O–H groups in total. The average Bonchev–Trinajstić information content (AvgIpc) is 2.45. The monoisotopic (exact) mass is 214 g/mol. The van der Waals surface area contributed by atoms with Gasteiger partial charge in [-0.3, -0.25) is 0 Å². The highest BCUT2D eigenvalue weighted by atomic mass is 32.1. The standard InChI is InChI=1S/C11H22N2S/c1-11(2,3)13(4)8-6-9-10(14)5-7-12-9/h9,12H,5-8H2,1-4H3. The number of rotatable bonds is 3. The molecular weight excluding hydrogens is 192 g/mol. The molecule has 1 aliphatic heterocycles. The van der Waals surface area contributed by atoms with E-state index >= 15 is 0 Å². The minimum atomic E-state index is 0.264. The fourth-order valence-corrected chi connectivity index (χ4v) is 1.88. The van der Waals surface area contributed by atoms with Crippen molar-refractivity contribution in [3.63, 3.8) is 0 Å². The van der Waals surface area contributed by atoms with E-state index in [-0.39, 0.29) is 5.54 Å². The summed E-state index contributed by atoms with van der Waals surface area (Å²) in [6.07, 6.45) is 2.23. The second-order valence-electron chi connectivity index (χ2n) is 5.10. The summed E-state index contributed by atoms with van der Waals surface area (Å²) in [5, 5.41) is 3.45. The Hall–Kier alpha value is 0.01000. The number of hydrogen-bond donors (Lipinski definition) is 1. The summed E-state index contributed by atoms with van der Waals surface area (Å²) in [5.41, 5.74) is 0.264. The molecule has 1 aliphatic rings. The minimum Gasteiger partial charge on any atom is -0.309 e. The van der Waals surface area contributed by atoms with Gasteiger partial charge in [0.05, 0.1) is 0 Å². The molecule has 2 nitrogen and oxygen atoms in total. The van der Waals surface area contributed by atoms with Crippen molar-refractivity contribution in [2.45, 2.75) is 45.2 Å². The maximum Gasteiger partial charge on any atom is 0.0396 e. The van der Waals surface area contributed by atoms with Crippen LogP contribution in [-0.4, -0.2) is 41.5 Å². The van der Waals surface area contributed by atoms with E-state index in [9.17, 15) is 0 Å². The normalized spacial score (nSPS) is 23.5. The molecule has 1 heterocycles. The molecule has 0 aromatic rings. The maximum atomic E-state index is 5.30. The van der Waals surface area contributed by atoms with E-state index in [1.54, 1.807) is 0 Å². The Morgan fingerprint density at radius 1 is 1.50 bits per heavy atom. The highest BCUT2D eigenvalue weighted by Gasteiger charge is 2.22. The van der Waals surface area contributed by atoms with Crippen LogP contribution in [0, 0.1) is 0 Å². The van der Waals surface area contributed by atoms with Crippen molar-refractivity contribution >= 4 is 17.1 Å². The Bertz CT molecular complexity index is 208. The van der Waals surface area contributed by atoms with Gasteiger partial charge < -0.3 is 10.2 Å². The van der Waals surface area contributed by atoms with E-state index in [1.807, 2.05) is 0 Å². The van der Waals surface area contributed by atoms with E-state index in [2.05, 4.69) is 38.0 Å². The van der Waals surface area contributed by atoms with Gasteiger partial charge in [-0.15, -0.1) is 0 Å². The summed E-state index contributed by atoms with van der Waals surface area (Å²) in [7, 11) is 2.18. The van der Waals surface area contributed by atoms with Crippen LogP contribution in [-0.2, 0) is 0 Å². The lowest BCUT2D eigenvalue weighted by atomic mass is 10.1. The Morgan fingerprint density at radius 3 is 2.57 bits per heavy atom. The molecule has 0 bridgehead atoms. The molecule has 0 amide bonds. The van der Waals surface area contributed by atoms with E-state index in [0.29, 0.717) is 6.04 Å². The van der Waals surface area contributed by atoms with Gasteiger partial charge in [0.15, 0.2) is 0 Å². The SMILES string of the molecule is CN(CCC1NCCC1=S)C(C)(C)C. The van der Waals surface area contributed by atoms with E-state index in [4.69, 9.17) is 12.2 Å². The van der Waals surface area contributed by atoms with Crippen LogP contribution in [0.2, 0.25) is 0 Å². The van der Waals surface area contributed by atoms with Crippen LogP contribution >= 0.6 is 12.2 Å². The molecule has 0 aliphatic carbocycles. The molecule has 0 saturated carbocycles. The molecule has 0 aromatic heterocycles. The fraction of sp³-hybridized carbons (Fsp3) is 0.909. The van der Waals surface area contributed by atoms with Crippen LogP contribution in [0.4, 0.5) is 0 Å². The van der Waals surface area contributed by atoms with Crippen LogP contribution in [0.5, 0.6) is 0 Å². The van der Waals surface area contributed by atoms with Gasteiger partial charge in [0.25, 0.3) is 0 Å². The van der Waals surface area contributed by atoms with Crippen LogP contribution in [0.3, 0.4) is 0 Å². The van der Waals surface area contributed by atoms with E-state index < -0.39 is 0 Å². The molecule has 0 spiro atoms. The van der Waals surface area contributed by atoms with Crippen LogP contribution in [0.25, 0.3) is 0 Å². The van der Waals surface area contributed by atoms with Gasteiger partial charge in [-0.05, 0) is 40.7 Å². The van der Waals surface area contributed by atoms with Gasteiger partial charge in [0.1, 0.15) is 0 Å². The number of nitrogens with one attached hydrogen (secondary N) is 1. The second kappa shape index (κ2) is 4.69. The highest BCUT2D eigenvalue weighted by Crippen LogP contribution is 2.13. The first-order chi connectivity index (χ1) is 6.41. The number of hydrogen-bond acceptors (Lipinski definition) is 3. The lowest BCUT2D eigenvalue weighted by Gasteiger charge is -2.32. The zero-order chi connectivity index (χ0) is 10.8. The molecule has 3 heteroatoms. The molecule has 1 saturated heterocycles. The van der Waals surface area contributed by atoms with E-state index in [0.717, 1.165) is 25.9 Å². The van der Waals surface area contributed by atoms with Crippen molar-refractivity contribution in [1.29, 1.82) is 0 Å². The van der Waals surface area contributed by atoms with Crippen molar-refractivity contribution in [1.82, 2.24) is 10.2 Å². The van der Waals surface area contributed by atoms with Gasteiger partial charge in [0, 0.05) is 29.5 Å². The van der Waals surface area contributed by atoms with Crippen molar-refractivity contribution in [3.8, 4) is 0 Å². The first kappa shape index (κ1) is 12.1. The summed E-state index contributed by atoms with van der Waals surface area (Å²) < 4.78 is 0. The Kier molecular flexibility index (Phi) is 4.04. The van der Waals surface area contributed by atoms with Crippen LogP contribution in [0.1, 0.15) is 33.6 Å². The van der Waals surface area contributed by atoms with Gasteiger partial charge in [-0.1, -0.05) is 12.2 Å². The molecule has 0 radical (unpaired) electrons. The van der Waals surface area contributed by atoms with Crippen LogP contribution < -0.4 is 5.32 Å². The predicted molar refractivity (Wildman–Crippen MR) is 66.0 cm³/mol. The number of nitrogens with zero attached hydrogens (tertiary/aromatic N) is 1. The fourth-order valence-electron chi connectivity index (χ4n) is 1.58. The lowest BCUT2D eigenvalue weighted by molar-refractivity contribution is 0.172. The third kappa shape index (κ3) is 3.30. The minimum absolute atomic E-state index is 0.264. The van der Waals surface area contributed by atoms with Crippen molar-refractivity contribution in [2.24, 2.45) is 0 Å². The summed E-state index contributed by atoms with van der Waals surface area (Å²) in [5.74, 6) is 0. The maximum absolute atomic E-state index is 5.30. The first-order valence-electron chi connectivity index (χ1n) is 5.38. The first-order valence-corrected chi connectivity index (χ1v) is 5.79. The zero-order valence-corrected chi connectivity index (χ0v) is 10.6. The summed E-state index contributed by atoms with van der Waals surface area (Å²) in [4.78, 5) is 3.60. The third-order valence-electron chi connectivity index (χ3n) is 3.05. The molecular formula is C11H22N2S. The number of thiocarbonyl (C=S) groups is 1. The van der Waals surface area contributed by atoms with Crippen LogP contribution in [0.15, 0.2) is 0 Å². The molecule has 0 aromatic carbocycles. The van der Waals surface area contributed by atoms with E-state index in [1.165, 1.54) is 4.86 Å². The molecule has 1 fully saturated rings. The summed E-state index contributed by atoms with van der Waals surface area (Å²) in [6, 6.07) is 0.481.